The fourth-order valence-electron chi connectivity index (χ4n) is 3.36. The standard InChI is InChI=1S/C22H17N5O2S/c1-13-23-17(12-30-13)21-26-27-22(29-21)25-20-18(28)11-15-9-5-6-10-16(15)19(24-20)14-7-3-2-4-8-14/h2-10,12,20H,11H2,1H3,(H,25,27)/t20-/m1/s1. The van der Waals surface area contributed by atoms with Crippen LogP contribution in [0.5, 0.6) is 0 Å². The molecule has 0 unspecified atom stereocenters. The van der Waals surface area contributed by atoms with Gasteiger partial charge in [0.1, 0.15) is 5.69 Å². The fraction of sp³-hybridized carbons (Fsp3) is 0.136. The molecule has 4 aromatic rings. The number of aliphatic imine (C=N–C) groups is 1. The smallest absolute Gasteiger partial charge is 0.317 e. The van der Waals surface area contributed by atoms with Crippen molar-refractivity contribution in [3.05, 3.63) is 81.7 Å². The average Bonchev–Trinajstić information content (AvgIpc) is 3.38. The van der Waals surface area contributed by atoms with Gasteiger partial charge in [0.15, 0.2) is 11.9 Å². The number of aryl methyl sites for hydroxylation is 1. The molecule has 1 aliphatic rings. The second kappa shape index (κ2) is 7.64. The highest BCUT2D eigenvalue weighted by molar-refractivity contribution is 7.09. The van der Waals surface area contributed by atoms with E-state index in [1.54, 1.807) is 0 Å². The van der Waals surface area contributed by atoms with Gasteiger partial charge in [-0.25, -0.2) is 4.98 Å². The number of benzene rings is 2. The van der Waals surface area contributed by atoms with Gasteiger partial charge in [0.05, 0.1) is 10.7 Å². The van der Waals surface area contributed by atoms with Crippen LogP contribution in [0.2, 0.25) is 0 Å². The Hall–Kier alpha value is -3.65. The van der Waals surface area contributed by atoms with Crippen molar-refractivity contribution in [2.45, 2.75) is 19.5 Å². The first-order valence-electron chi connectivity index (χ1n) is 9.44. The number of hydrogen-bond donors (Lipinski definition) is 1. The van der Waals surface area contributed by atoms with Crippen molar-refractivity contribution in [1.29, 1.82) is 0 Å². The Morgan fingerprint density at radius 2 is 1.87 bits per heavy atom. The third kappa shape index (κ3) is 3.53. The fourth-order valence-corrected chi connectivity index (χ4v) is 3.95. The number of carbonyl (C=O) groups is 1. The molecule has 3 heterocycles. The second-order valence-electron chi connectivity index (χ2n) is 6.85. The monoisotopic (exact) mass is 415 g/mol. The predicted molar refractivity (Wildman–Crippen MR) is 115 cm³/mol. The molecule has 5 rings (SSSR count). The number of fused-ring (bicyclic) bond motifs is 1. The highest BCUT2D eigenvalue weighted by atomic mass is 32.1. The molecule has 0 saturated heterocycles. The van der Waals surface area contributed by atoms with E-state index in [2.05, 4.69) is 20.5 Å². The minimum absolute atomic E-state index is 0.0716. The van der Waals surface area contributed by atoms with Crippen LogP contribution in [0.3, 0.4) is 0 Å². The number of ketones is 1. The van der Waals surface area contributed by atoms with E-state index in [0.717, 1.165) is 27.4 Å². The molecule has 0 bridgehead atoms. The third-order valence-electron chi connectivity index (χ3n) is 4.77. The van der Waals surface area contributed by atoms with Gasteiger partial charge in [0.25, 0.3) is 5.89 Å². The number of nitrogens with zero attached hydrogens (tertiary/aromatic N) is 4. The zero-order valence-electron chi connectivity index (χ0n) is 16.1. The summed E-state index contributed by atoms with van der Waals surface area (Å²) in [4.78, 5) is 22.1. The molecule has 0 fully saturated rings. The van der Waals surface area contributed by atoms with Gasteiger partial charge in [-0.3, -0.25) is 9.79 Å². The first-order chi connectivity index (χ1) is 14.7. The summed E-state index contributed by atoms with van der Waals surface area (Å²) in [7, 11) is 0. The molecule has 0 saturated carbocycles. The van der Waals surface area contributed by atoms with Crippen molar-refractivity contribution >= 4 is 28.8 Å². The number of carbonyl (C=O) groups excluding carboxylic acids is 1. The van der Waals surface area contributed by atoms with E-state index in [4.69, 9.17) is 9.41 Å². The highest BCUT2D eigenvalue weighted by Gasteiger charge is 2.27. The van der Waals surface area contributed by atoms with Crippen LogP contribution >= 0.6 is 11.3 Å². The molecule has 1 N–H and O–H groups in total. The summed E-state index contributed by atoms with van der Waals surface area (Å²) >= 11 is 1.50. The lowest BCUT2D eigenvalue weighted by atomic mass is 9.96. The average molecular weight is 415 g/mol. The summed E-state index contributed by atoms with van der Waals surface area (Å²) in [6, 6.07) is 17.8. The van der Waals surface area contributed by atoms with Gasteiger partial charge in [-0.1, -0.05) is 59.7 Å². The largest absolute Gasteiger partial charge is 0.402 e. The lowest BCUT2D eigenvalue weighted by Gasteiger charge is -2.11. The van der Waals surface area contributed by atoms with Crippen LogP contribution in [-0.2, 0) is 11.2 Å². The van der Waals surface area contributed by atoms with E-state index < -0.39 is 6.17 Å². The summed E-state index contributed by atoms with van der Waals surface area (Å²) in [5.74, 6) is 0.233. The van der Waals surface area contributed by atoms with Crippen LogP contribution in [0.15, 0.2) is 69.4 Å². The molecule has 2 aromatic heterocycles. The molecule has 0 radical (unpaired) electrons. The molecule has 0 spiro atoms. The van der Waals surface area contributed by atoms with Gasteiger partial charge in [-0.2, -0.15) is 0 Å². The minimum Gasteiger partial charge on any atom is -0.402 e. The normalized spacial score (nSPS) is 16.0. The molecule has 0 amide bonds. The Labute approximate surface area is 176 Å². The van der Waals surface area contributed by atoms with Gasteiger partial charge in [0.2, 0.25) is 0 Å². The molecule has 2 aromatic carbocycles. The Morgan fingerprint density at radius 3 is 2.67 bits per heavy atom. The number of anilines is 1. The second-order valence-corrected chi connectivity index (χ2v) is 7.92. The molecule has 30 heavy (non-hydrogen) atoms. The summed E-state index contributed by atoms with van der Waals surface area (Å²) < 4.78 is 5.68. The molecule has 1 atom stereocenters. The summed E-state index contributed by atoms with van der Waals surface area (Å²) in [6.45, 7) is 1.91. The van der Waals surface area contributed by atoms with Crippen molar-refractivity contribution in [3.8, 4) is 11.6 Å². The summed E-state index contributed by atoms with van der Waals surface area (Å²) in [6.07, 6.45) is -0.571. The highest BCUT2D eigenvalue weighted by Crippen LogP contribution is 2.25. The Bertz CT molecular complexity index is 1250. The van der Waals surface area contributed by atoms with E-state index in [-0.39, 0.29) is 18.2 Å². The van der Waals surface area contributed by atoms with Crippen LogP contribution < -0.4 is 5.32 Å². The van der Waals surface area contributed by atoms with Crippen molar-refractivity contribution in [2.24, 2.45) is 4.99 Å². The van der Waals surface area contributed by atoms with Crippen molar-refractivity contribution < 1.29 is 9.21 Å². The Morgan fingerprint density at radius 1 is 1.07 bits per heavy atom. The number of aromatic nitrogens is 3. The van der Waals surface area contributed by atoms with Gasteiger partial charge < -0.3 is 9.73 Å². The zero-order chi connectivity index (χ0) is 20.5. The lowest BCUT2D eigenvalue weighted by molar-refractivity contribution is -0.119. The molecule has 8 heteroatoms. The third-order valence-corrected chi connectivity index (χ3v) is 5.54. The molecule has 0 aliphatic carbocycles. The van der Waals surface area contributed by atoms with Crippen molar-refractivity contribution in [3.63, 3.8) is 0 Å². The first-order valence-corrected chi connectivity index (χ1v) is 10.3. The van der Waals surface area contributed by atoms with Gasteiger partial charge in [-0.05, 0) is 12.5 Å². The van der Waals surface area contributed by atoms with Gasteiger partial charge in [0, 0.05) is 22.9 Å². The van der Waals surface area contributed by atoms with Crippen LogP contribution in [0.4, 0.5) is 6.01 Å². The van der Waals surface area contributed by atoms with E-state index in [0.29, 0.717) is 11.6 Å². The summed E-state index contributed by atoms with van der Waals surface area (Å²) in [5, 5.41) is 13.8. The van der Waals surface area contributed by atoms with E-state index in [9.17, 15) is 4.79 Å². The van der Waals surface area contributed by atoms with Crippen LogP contribution in [-0.4, -0.2) is 32.8 Å². The molecule has 148 valence electrons. The number of nitrogens with one attached hydrogen (secondary N) is 1. The molecule has 1 aliphatic heterocycles. The number of Topliss-reactive ketones (excluding diaryl/α,β-unsaturated/α-hetero) is 1. The summed E-state index contributed by atoms with van der Waals surface area (Å²) in [5.41, 5.74) is 4.20. The van der Waals surface area contributed by atoms with Crippen molar-refractivity contribution in [1.82, 2.24) is 15.2 Å². The lowest BCUT2D eigenvalue weighted by Crippen LogP contribution is -2.29. The first kappa shape index (κ1) is 18.4. The van der Waals surface area contributed by atoms with Crippen LogP contribution in [0, 0.1) is 6.92 Å². The van der Waals surface area contributed by atoms with Crippen LogP contribution in [0.25, 0.3) is 11.6 Å². The van der Waals surface area contributed by atoms with E-state index in [1.165, 1.54) is 11.3 Å². The predicted octanol–water partition coefficient (Wildman–Crippen LogP) is 3.90. The number of thiazole rings is 1. The SMILES string of the molecule is Cc1nc(-c2nnc(N[C@H]3N=C(c4ccccc4)c4ccccc4CC3=O)o2)cs1. The maximum Gasteiger partial charge on any atom is 0.317 e. The maximum absolute atomic E-state index is 13.0. The maximum atomic E-state index is 13.0. The Balaban J connectivity index is 1.51. The Kier molecular flexibility index (Phi) is 4.68. The molecular weight excluding hydrogens is 398 g/mol. The van der Waals surface area contributed by atoms with Crippen LogP contribution in [0.1, 0.15) is 21.7 Å². The number of rotatable bonds is 4. The van der Waals surface area contributed by atoms with Gasteiger partial charge in [-0.15, -0.1) is 16.4 Å². The van der Waals surface area contributed by atoms with Gasteiger partial charge >= 0.3 is 6.01 Å². The topological polar surface area (TPSA) is 93.3 Å². The minimum atomic E-state index is -0.835. The quantitative estimate of drug-likeness (QED) is 0.543. The van der Waals surface area contributed by atoms with E-state index in [1.807, 2.05) is 66.9 Å². The van der Waals surface area contributed by atoms with E-state index >= 15 is 0 Å². The van der Waals surface area contributed by atoms with Crippen molar-refractivity contribution in [2.75, 3.05) is 5.32 Å². The molecule has 7 nitrogen and oxygen atoms in total. The molecular formula is C22H17N5O2S. The number of hydrogen-bond acceptors (Lipinski definition) is 8. The zero-order valence-corrected chi connectivity index (χ0v) is 16.9.